The lowest BCUT2D eigenvalue weighted by atomic mass is 10.3. The summed E-state index contributed by atoms with van der Waals surface area (Å²) in [6, 6.07) is 15.5. The minimum Gasteiger partial charge on any atom is -0.497 e. The number of hydrogen-bond donors (Lipinski definition) is 1. The third kappa shape index (κ3) is 4.72. The van der Waals surface area contributed by atoms with Crippen LogP contribution in [0, 0.1) is 0 Å². The van der Waals surface area contributed by atoms with Gasteiger partial charge in [0.2, 0.25) is 5.91 Å². The van der Waals surface area contributed by atoms with E-state index in [9.17, 15) is 4.79 Å². The maximum atomic E-state index is 12.0. The molecule has 0 bridgehead atoms. The number of nitrogens with one attached hydrogen (secondary N) is 1. The van der Waals surface area contributed by atoms with Crippen molar-refractivity contribution in [2.24, 2.45) is 0 Å². The van der Waals surface area contributed by atoms with Gasteiger partial charge in [-0.25, -0.2) is 0 Å². The second-order valence-electron chi connectivity index (χ2n) is 4.21. The molecule has 0 heterocycles. The van der Waals surface area contributed by atoms with Crippen LogP contribution < -0.4 is 10.1 Å². The number of benzene rings is 2. The van der Waals surface area contributed by atoms with Crippen LogP contribution in [0.3, 0.4) is 0 Å². The predicted octanol–water partition coefficient (Wildman–Crippen LogP) is 4.15. The van der Waals surface area contributed by atoms with Gasteiger partial charge in [0.25, 0.3) is 0 Å². The maximum Gasteiger partial charge on any atom is 0.234 e. The largest absolute Gasteiger partial charge is 0.497 e. The summed E-state index contributed by atoms with van der Waals surface area (Å²) in [6.45, 7) is 0. The Kier molecular flexibility index (Phi) is 6.02. The summed E-state index contributed by atoms with van der Waals surface area (Å²) in [5, 5.41) is 2.95. The lowest BCUT2D eigenvalue weighted by Gasteiger charge is -2.09. The van der Waals surface area contributed by atoms with E-state index in [1.54, 1.807) is 18.9 Å². The molecule has 0 spiro atoms. The zero-order chi connectivity index (χ0) is 15.1. The smallest absolute Gasteiger partial charge is 0.234 e. The normalized spacial score (nSPS) is 10.2. The second-order valence-corrected chi connectivity index (χ2v) is 6.11. The molecule has 0 fully saturated rings. The van der Waals surface area contributed by atoms with Crippen molar-refractivity contribution in [3.05, 3.63) is 48.5 Å². The summed E-state index contributed by atoms with van der Waals surface area (Å²) in [5.74, 6) is 1.20. The predicted molar refractivity (Wildman–Crippen MR) is 90.6 cm³/mol. The van der Waals surface area contributed by atoms with Gasteiger partial charge in [-0.2, -0.15) is 0 Å². The average molecular weight is 319 g/mol. The van der Waals surface area contributed by atoms with E-state index in [-0.39, 0.29) is 5.91 Å². The van der Waals surface area contributed by atoms with Gasteiger partial charge in [-0.15, -0.1) is 23.5 Å². The zero-order valence-corrected chi connectivity index (χ0v) is 13.6. The standard InChI is InChI=1S/C16H17NO2S2/c1-19-12-7-9-13(10-8-12)21-11-16(18)17-14-5-3-4-6-15(14)20-2/h3-10H,11H2,1-2H3,(H,17,18). The van der Waals surface area contributed by atoms with Crippen molar-refractivity contribution in [1.29, 1.82) is 0 Å². The van der Waals surface area contributed by atoms with Gasteiger partial charge in [0.05, 0.1) is 18.6 Å². The lowest BCUT2D eigenvalue weighted by molar-refractivity contribution is -0.113. The average Bonchev–Trinajstić information content (AvgIpc) is 2.54. The number of ether oxygens (including phenoxy) is 1. The molecule has 3 nitrogen and oxygen atoms in total. The number of amides is 1. The summed E-state index contributed by atoms with van der Waals surface area (Å²) < 4.78 is 5.11. The molecule has 110 valence electrons. The molecule has 0 saturated heterocycles. The van der Waals surface area contributed by atoms with Crippen LogP contribution >= 0.6 is 23.5 Å². The molecule has 5 heteroatoms. The fraction of sp³-hybridized carbons (Fsp3) is 0.188. The van der Waals surface area contributed by atoms with Crippen molar-refractivity contribution in [3.8, 4) is 5.75 Å². The van der Waals surface area contributed by atoms with E-state index in [2.05, 4.69) is 5.32 Å². The van der Waals surface area contributed by atoms with E-state index in [1.807, 2.05) is 54.8 Å². The van der Waals surface area contributed by atoms with Crippen molar-refractivity contribution in [1.82, 2.24) is 0 Å². The van der Waals surface area contributed by atoms with Crippen LogP contribution in [0.15, 0.2) is 58.3 Å². The number of anilines is 1. The van der Waals surface area contributed by atoms with Crippen molar-refractivity contribution < 1.29 is 9.53 Å². The Morgan fingerprint density at radius 3 is 2.52 bits per heavy atom. The van der Waals surface area contributed by atoms with E-state index in [1.165, 1.54) is 11.8 Å². The van der Waals surface area contributed by atoms with E-state index >= 15 is 0 Å². The quantitative estimate of drug-likeness (QED) is 0.812. The zero-order valence-electron chi connectivity index (χ0n) is 12.0. The first kappa shape index (κ1) is 15.8. The highest BCUT2D eigenvalue weighted by Crippen LogP contribution is 2.25. The number of rotatable bonds is 6. The Morgan fingerprint density at radius 1 is 1.14 bits per heavy atom. The Bertz CT molecular complexity index is 599. The Hall–Kier alpha value is -1.59. The molecule has 0 radical (unpaired) electrons. The molecule has 0 aliphatic carbocycles. The highest BCUT2D eigenvalue weighted by atomic mass is 32.2. The molecule has 21 heavy (non-hydrogen) atoms. The van der Waals surface area contributed by atoms with Gasteiger partial charge < -0.3 is 10.1 Å². The number of hydrogen-bond acceptors (Lipinski definition) is 4. The van der Waals surface area contributed by atoms with Crippen LogP contribution in [-0.4, -0.2) is 25.0 Å². The van der Waals surface area contributed by atoms with Gasteiger partial charge in [0.15, 0.2) is 0 Å². The van der Waals surface area contributed by atoms with Gasteiger partial charge in [0.1, 0.15) is 5.75 Å². The van der Waals surface area contributed by atoms with Gasteiger partial charge in [-0.3, -0.25) is 4.79 Å². The summed E-state index contributed by atoms with van der Waals surface area (Å²) >= 11 is 3.13. The third-order valence-electron chi connectivity index (χ3n) is 2.81. The van der Waals surface area contributed by atoms with Gasteiger partial charge in [-0.05, 0) is 42.7 Å². The first-order chi connectivity index (χ1) is 10.2. The number of para-hydroxylation sites is 1. The second kappa shape index (κ2) is 8.00. The Morgan fingerprint density at radius 2 is 1.86 bits per heavy atom. The van der Waals surface area contributed by atoms with Crippen LogP contribution in [0.25, 0.3) is 0 Å². The fourth-order valence-electron chi connectivity index (χ4n) is 1.76. The van der Waals surface area contributed by atoms with Crippen molar-refractivity contribution >= 4 is 35.1 Å². The molecule has 0 atom stereocenters. The van der Waals surface area contributed by atoms with Crippen LogP contribution in [0.4, 0.5) is 5.69 Å². The first-order valence-corrected chi connectivity index (χ1v) is 8.63. The van der Waals surface area contributed by atoms with E-state index in [4.69, 9.17) is 4.74 Å². The molecule has 2 aromatic carbocycles. The van der Waals surface area contributed by atoms with Crippen LogP contribution in [0.2, 0.25) is 0 Å². The number of thioether (sulfide) groups is 2. The SMILES string of the molecule is COc1ccc(SCC(=O)Nc2ccccc2SC)cc1. The lowest BCUT2D eigenvalue weighted by Crippen LogP contribution is -2.14. The molecule has 0 saturated carbocycles. The van der Waals surface area contributed by atoms with Gasteiger partial charge >= 0.3 is 0 Å². The highest BCUT2D eigenvalue weighted by Gasteiger charge is 2.06. The Balaban J connectivity index is 1.89. The molecule has 0 aliphatic heterocycles. The monoisotopic (exact) mass is 319 g/mol. The van der Waals surface area contributed by atoms with Crippen LogP contribution in [-0.2, 0) is 4.79 Å². The number of methoxy groups -OCH3 is 1. The summed E-state index contributed by atoms with van der Waals surface area (Å²) in [5.41, 5.74) is 0.866. The minimum atomic E-state index is -0.00248. The summed E-state index contributed by atoms with van der Waals surface area (Å²) in [6.07, 6.45) is 2.00. The molecule has 2 rings (SSSR count). The molecular formula is C16H17NO2S2. The maximum absolute atomic E-state index is 12.0. The van der Waals surface area contributed by atoms with E-state index in [0.717, 1.165) is 21.2 Å². The van der Waals surface area contributed by atoms with Crippen molar-refractivity contribution in [2.45, 2.75) is 9.79 Å². The van der Waals surface area contributed by atoms with Gasteiger partial charge in [0, 0.05) is 9.79 Å². The molecule has 0 unspecified atom stereocenters. The topological polar surface area (TPSA) is 38.3 Å². The molecule has 1 N–H and O–H groups in total. The molecule has 2 aromatic rings. The summed E-state index contributed by atoms with van der Waals surface area (Å²) in [4.78, 5) is 14.1. The van der Waals surface area contributed by atoms with Crippen LogP contribution in [0.5, 0.6) is 5.75 Å². The number of carbonyl (C=O) groups is 1. The van der Waals surface area contributed by atoms with Crippen molar-refractivity contribution in [3.63, 3.8) is 0 Å². The molecule has 0 aromatic heterocycles. The minimum absolute atomic E-state index is 0.00248. The fourth-order valence-corrected chi connectivity index (χ4v) is 3.01. The Labute approximate surface area is 133 Å². The highest BCUT2D eigenvalue weighted by molar-refractivity contribution is 8.00. The van der Waals surface area contributed by atoms with E-state index in [0.29, 0.717) is 5.75 Å². The third-order valence-corrected chi connectivity index (χ3v) is 4.62. The number of carbonyl (C=O) groups excluding carboxylic acids is 1. The molecule has 0 aliphatic rings. The van der Waals surface area contributed by atoms with Gasteiger partial charge in [-0.1, -0.05) is 12.1 Å². The molecular weight excluding hydrogens is 302 g/mol. The van der Waals surface area contributed by atoms with Crippen molar-refractivity contribution in [2.75, 3.05) is 24.4 Å². The van der Waals surface area contributed by atoms with Crippen LogP contribution in [0.1, 0.15) is 0 Å². The van der Waals surface area contributed by atoms with E-state index < -0.39 is 0 Å². The molecule has 1 amide bonds. The first-order valence-electron chi connectivity index (χ1n) is 6.42. The summed E-state index contributed by atoms with van der Waals surface area (Å²) in [7, 11) is 1.64.